The van der Waals surface area contributed by atoms with Crippen molar-refractivity contribution in [3.63, 3.8) is 0 Å². The monoisotopic (exact) mass is 415 g/mol. The Morgan fingerprint density at radius 2 is 2.10 bits per heavy atom. The van der Waals surface area contributed by atoms with E-state index in [-0.39, 0.29) is 17.5 Å². The van der Waals surface area contributed by atoms with Crippen LogP contribution in [0.3, 0.4) is 0 Å². The number of carbonyl (C=O) groups excluding carboxylic acids is 1. The summed E-state index contributed by atoms with van der Waals surface area (Å²) in [6.45, 7) is 4.73. The molecule has 0 bridgehead atoms. The Kier molecular flexibility index (Phi) is 6.82. The molecule has 0 spiro atoms. The molecule has 0 fully saturated rings. The molecule has 3 aromatic rings. The van der Waals surface area contributed by atoms with Crippen molar-refractivity contribution in [2.24, 2.45) is 0 Å². The van der Waals surface area contributed by atoms with Crippen molar-refractivity contribution in [2.75, 3.05) is 19.4 Å². The number of methoxy groups -OCH3 is 1. The van der Waals surface area contributed by atoms with Crippen LogP contribution in [0.25, 0.3) is 5.69 Å². The van der Waals surface area contributed by atoms with E-state index in [2.05, 4.69) is 15.5 Å². The predicted octanol–water partition coefficient (Wildman–Crippen LogP) is 3.26. The van der Waals surface area contributed by atoms with Crippen LogP contribution in [0, 0.1) is 12.7 Å². The molecule has 0 atom stereocenters. The number of thioether (sulfide) groups is 1. The number of nitrogens with zero attached hydrogens (tertiary/aromatic N) is 5. The minimum absolute atomic E-state index is 0.0764. The van der Waals surface area contributed by atoms with Gasteiger partial charge in [0.1, 0.15) is 17.3 Å². The van der Waals surface area contributed by atoms with E-state index in [0.29, 0.717) is 29.7 Å². The summed E-state index contributed by atoms with van der Waals surface area (Å²) < 4.78 is 20.4. The Hall–Kier alpha value is -2.94. The molecule has 1 aromatic heterocycles. The maximum absolute atomic E-state index is 13.4. The van der Waals surface area contributed by atoms with Crippen LogP contribution in [0.4, 0.5) is 4.39 Å². The van der Waals surface area contributed by atoms with Crippen molar-refractivity contribution < 1.29 is 13.9 Å². The Morgan fingerprint density at radius 3 is 2.83 bits per heavy atom. The van der Waals surface area contributed by atoms with Crippen LogP contribution in [0.2, 0.25) is 0 Å². The van der Waals surface area contributed by atoms with Crippen LogP contribution in [-0.4, -0.2) is 50.4 Å². The molecule has 0 saturated heterocycles. The molecule has 152 valence electrons. The number of ether oxygens (including phenoxy) is 1. The molecule has 0 aliphatic carbocycles. The number of carbonyl (C=O) groups is 1. The second kappa shape index (κ2) is 9.51. The van der Waals surface area contributed by atoms with Gasteiger partial charge in [0, 0.05) is 13.1 Å². The second-order valence-electron chi connectivity index (χ2n) is 6.38. The van der Waals surface area contributed by atoms with Gasteiger partial charge in [-0.05, 0) is 59.7 Å². The van der Waals surface area contributed by atoms with E-state index >= 15 is 0 Å². The lowest BCUT2D eigenvalue weighted by molar-refractivity contribution is -0.128. The lowest BCUT2D eigenvalue weighted by Gasteiger charge is -2.20. The number of benzene rings is 2. The standard InChI is InChI=1S/C20H22FN5O2S/c1-4-25(12-15-6-5-7-16(21)11-15)19(27)13-29-20-22-23-24-26(20)17-10-14(2)8-9-18(17)28-3/h5-11H,4,12-13H2,1-3H3. The summed E-state index contributed by atoms with van der Waals surface area (Å²) in [5.74, 6) is 0.411. The van der Waals surface area contributed by atoms with Gasteiger partial charge in [0.2, 0.25) is 11.1 Å². The summed E-state index contributed by atoms with van der Waals surface area (Å²) >= 11 is 1.25. The van der Waals surface area contributed by atoms with Crippen molar-refractivity contribution in [1.29, 1.82) is 0 Å². The summed E-state index contributed by atoms with van der Waals surface area (Å²) in [5.41, 5.74) is 2.50. The Morgan fingerprint density at radius 1 is 1.28 bits per heavy atom. The van der Waals surface area contributed by atoms with Gasteiger partial charge in [-0.3, -0.25) is 4.79 Å². The molecular formula is C20H22FN5O2S. The maximum atomic E-state index is 13.4. The molecule has 0 unspecified atom stereocenters. The summed E-state index contributed by atoms with van der Waals surface area (Å²) in [6.07, 6.45) is 0. The first-order valence-electron chi connectivity index (χ1n) is 9.10. The molecule has 0 aliphatic heterocycles. The topological polar surface area (TPSA) is 73.1 Å². The fourth-order valence-electron chi connectivity index (χ4n) is 2.84. The first-order chi connectivity index (χ1) is 14.0. The van der Waals surface area contributed by atoms with E-state index in [1.54, 1.807) is 28.8 Å². The molecule has 29 heavy (non-hydrogen) atoms. The van der Waals surface area contributed by atoms with Crippen molar-refractivity contribution in [3.05, 3.63) is 59.4 Å². The average molecular weight is 415 g/mol. The lowest BCUT2D eigenvalue weighted by atomic mass is 10.2. The third kappa shape index (κ3) is 5.11. The largest absolute Gasteiger partial charge is 0.494 e. The maximum Gasteiger partial charge on any atom is 0.233 e. The highest BCUT2D eigenvalue weighted by molar-refractivity contribution is 7.99. The van der Waals surface area contributed by atoms with Gasteiger partial charge in [-0.1, -0.05) is 30.0 Å². The molecule has 0 aliphatic rings. The molecule has 9 heteroatoms. The zero-order valence-corrected chi connectivity index (χ0v) is 17.3. The Balaban J connectivity index is 1.71. The van der Waals surface area contributed by atoms with E-state index < -0.39 is 0 Å². The number of rotatable bonds is 8. The van der Waals surface area contributed by atoms with Crippen LogP contribution < -0.4 is 4.74 Å². The summed E-state index contributed by atoms with van der Waals surface area (Å²) in [6, 6.07) is 12.0. The van der Waals surface area contributed by atoms with Gasteiger partial charge in [0.05, 0.1) is 12.9 Å². The number of hydrogen-bond donors (Lipinski definition) is 0. The lowest BCUT2D eigenvalue weighted by Crippen LogP contribution is -2.31. The van der Waals surface area contributed by atoms with Gasteiger partial charge < -0.3 is 9.64 Å². The summed E-state index contributed by atoms with van der Waals surface area (Å²) in [4.78, 5) is 14.4. The highest BCUT2D eigenvalue weighted by Crippen LogP contribution is 2.27. The van der Waals surface area contributed by atoms with Crippen LogP contribution in [0.15, 0.2) is 47.6 Å². The molecule has 2 aromatic carbocycles. The van der Waals surface area contributed by atoms with Crippen LogP contribution in [0.5, 0.6) is 5.75 Å². The van der Waals surface area contributed by atoms with Gasteiger partial charge >= 0.3 is 0 Å². The number of amides is 1. The number of aromatic nitrogens is 4. The highest BCUT2D eigenvalue weighted by atomic mass is 32.2. The van der Waals surface area contributed by atoms with Gasteiger partial charge in [0.15, 0.2) is 0 Å². The number of halogens is 1. The summed E-state index contributed by atoms with van der Waals surface area (Å²) in [5, 5.41) is 12.3. The molecular weight excluding hydrogens is 393 g/mol. The quantitative estimate of drug-likeness (QED) is 0.526. The Labute approximate surface area is 172 Å². The normalized spacial score (nSPS) is 10.8. The smallest absolute Gasteiger partial charge is 0.233 e. The predicted molar refractivity (Wildman–Crippen MR) is 109 cm³/mol. The van der Waals surface area contributed by atoms with Crippen LogP contribution >= 0.6 is 11.8 Å². The zero-order valence-electron chi connectivity index (χ0n) is 16.5. The first-order valence-corrected chi connectivity index (χ1v) is 10.1. The third-order valence-electron chi connectivity index (χ3n) is 4.33. The summed E-state index contributed by atoms with van der Waals surface area (Å²) in [7, 11) is 1.58. The molecule has 0 radical (unpaired) electrons. The van der Waals surface area contributed by atoms with Gasteiger partial charge in [-0.2, -0.15) is 4.68 Å². The second-order valence-corrected chi connectivity index (χ2v) is 7.32. The van der Waals surface area contributed by atoms with Crippen LogP contribution in [0.1, 0.15) is 18.1 Å². The number of tetrazole rings is 1. The van der Waals surface area contributed by atoms with Gasteiger partial charge in [0.25, 0.3) is 0 Å². The van der Waals surface area contributed by atoms with E-state index in [1.807, 2.05) is 32.0 Å². The number of aryl methyl sites for hydroxylation is 1. The third-order valence-corrected chi connectivity index (χ3v) is 5.23. The fourth-order valence-corrected chi connectivity index (χ4v) is 3.62. The van der Waals surface area contributed by atoms with Crippen molar-refractivity contribution >= 4 is 17.7 Å². The van der Waals surface area contributed by atoms with E-state index in [9.17, 15) is 9.18 Å². The Bertz CT molecular complexity index is 995. The van der Waals surface area contributed by atoms with Gasteiger partial charge in [-0.25, -0.2) is 4.39 Å². The van der Waals surface area contributed by atoms with Gasteiger partial charge in [-0.15, -0.1) is 5.10 Å². The zero-order chi connectivity index (χ0) is 20.8. The minimum atomic E-state index is -0.313. The van der Waals surface area contributed by atoms with E-state index in [4.69, 9.17) is 4.74 Å². The average Bonchev–Trinajstić information content (AvgIpc) is 3.18. The fraction of sp³-hybridized carbons (Fsp3) is 0.300. The molecule has 7 nitrogen and oxygen atoms in total. The molecule has 1 heterocycles. The minimum Gasteiger partial charge on any atom is -0.494 e. The molecule has 3 rings (SSSR count). The van der Waals surface area contributed by atoms with Crippen molar-refractivity contribution in [1.82, 2.24) is 25.1 Å². The SMILES string of the molecule is CCN(Cc1cccc(F)c1)C(=O)CSc1nnnn1-c1cc(C)ccc1OC. The molecule has 0 N–H and O–H groups in total. The van der Waals surface area contributed by atoms with E-state index in [0.717, 1.165) is 11.1 Å². The molecule has 0 saturated carbocycles. The van der Waals surface area contributed by atoms with Crippen LogP contribution in [-0.2, 0) is 11.3 Å². The van der Waals surface area contributed by atoms with Crippen molar-refractivity contribution in [3.8, 4) is 11.4 Å². The van der Waals surface area contributed by atoms with Crippen molar-refractivity contribution in [2.45, 2.75) is 25.5 Å². The highest BCUT2D eigenvalue weighted by Gasteiger charge is 2.18. The first kappa shape index (κ1) is 20.8. The van der Waals surface area contributed by atoms with E-state index in [1.165, 1.54) is 23.9 Å². The molecule has 1 amide bonds. The number of hydrogen-bond acceptors (Lipinski definition) is 6.